The van der Waals surface area contributed by atoms with E-state index in [9.17, 15) is 20.1 Å². The molecule has 376 valence electrons. The van der Waals surface area contributed by atoms with Crippen molar-refractivity contribution in [2.75, 3.05) is 6.61 Å². The number of unbranched alkanes of at least 4 members (excludes halogenated alkanes) is 38. The van der Waals surface area contributed by atoms with Gasteiger partial charge < -0.3 is 20.6 Å². The van der Waals surface area contributed by atoms with Gasteiger partial charge in [0.1, 0.15) is 6.10 Å². The molecule has 3 unspecified atom stereocenters. The van der Waals surface area contributed by atoms with Gasteiger partial charge >= 0.3 is 0 Å². The first-order chi connectivity index (χ1) is 31.6. The molecule has 0 aliphatic heterocycles. The van der Waals surface area contributed by atoms with Crippen molar-refractivity contribution in [3.63, 3.8) is 0 Å². The van der Waals surface area contributed by atoms with Gasteiger partial charge in [-0.05, 0) is 64.2 Å². The monoisotopic (exact) mass is 898 g/mol. The number of carbonyl (C=O) groups is 1. The van der Waals surface area contributed by atoms with Crippen LogP contribution in [-0.4, -0.2) is 46.1 Å². The molecule has 0 rings (SSSR count). The molecule has 0 fully saturated rings. The molecule has 0 aromatic rings. The fourth-order valence-corrected chi connectivity index (χ4v) is 8.70. The molecule has 5 nitrogen and oxygen atoms in total. The standard InChI is InChI=1S/C59H111NO4/c1-3-5-7-9-11-13-15-17-19-21-23-25-26-27-28-29-30-31-32-33-34-36-38-40-42-44-46-48-50-52-54-58(63)59(64)60-56(55-61)57(62)53-51-49-47-45-43-41-39-37-35-24-22-20-18-16-14-12-10-8-6-4-2/h23,25,27-28,43,45,51,53,56-58,61-63H,3-22,24,26,29-42,44,46-50,52,54-55H2,1-2H3,(H,60,64)/b25-23-,28-27-,45-43+,53-51+. The molecule has 1 amide bonds. The lowest BCUT2D eigenvalue weighted by Gasteiger charge is -2.21. The summed E-state index contributed by atoms with van der Waals surface area (Å²) in [6.07, 6.45) is 71.9. The van der Waals surface area contributed by atoms with Crippen molar-refractivity contribution in [2.45, 2.75) is 315 Å². The summed E-state index contributed by atoms with van der Waals surface area (Å²) in [6, 6.07) is -0.816. The Balaban J connectivity index is 3.60. The highest BCUT2D eigenvalue weighted by atomic mass is 16.3. The van der Waals surface area contributed by atoms with Crippen molar-refractivity contribution in [1.82, 2.24) is 5.32 Å². The highest BCUT2D eigenvalue weighted by molar-refractivity contribution is 5.80. The Morgan fingerprint density at radius 1 is 0.391 bits per heavy atom. The lowest BCUT2D eigenvalue weighted by atomic mass is 10.0. The largest absolute Gasteiger partial charge is 0.394 e. The SMILES string of the molecule is CCCCCCCCCCC/C=C\C/C=C\CCCCCCCCCCCCCCCCC(O)C(=O)NC(CO)C(O)/C=C/CC/C=C/CCCCCCCCCCCCCCCC. The van der Waals surface area contributed by atoms with Crippen LogP contribution in [0.3, 0.4) is 0 Å². The molecular formula is C59H111NO4. The van der Waals surface area contributed by atoms with Gasteiger partial charge in [0, 0.05) is 0 Å². The van der Waals surface area contributed by atoms with Gasteiger partial charge in [0.25, 0.3) is 0 Å². The summed E-state index contributed by atoms with van der Waals surface area (Å²) in [5.74, 6) is -0.511. The Morgan fingerprint density at radius 3 is 1.05 bits per heavy atom. The van der Waals surface area contributed by atoms with Crippen molar-refractivity contribution >= 4 is 5.91 Å². The lowest BCUT2D eigenvalue weighted by Crippen LogP contribution is -2.48. The van der Waals surface area contributed by atoms with Crippen LogP contribution in [0.1, 0.15) is 296 Å². The van der Waals surface area contributed by atoms with Gasteiger partial charge in [0.2, 0.25) is 5.91 Å². The van der Waals surface area contributed by atoms with E-state index in [0.717, 1.165) is 44.9 Å². The summed E-state index contributed by atoms with van der Waals surface area (Å²) in [7, 11) is 0. The molecule has 0 spiro atoms. The van der Waals surface area contributed by atoms with E-state index in [1.165, 1.54) is 231 Å². The number of amides is 1. The zero-order valence-corrected chi connectivity index (χ0v) is 42.9. The molecule has 5 heteroatoms. The number of nitrogens with one attached hydrogen (secondary N) is 1. The Morgan fingerprint density at radius 2 is 0.688 bits per heavy atom. The van der Waals surface area contributed by atoms with Gasteiger partial charge in [-0.3, -0.25) is 4.79 Å². The number of allylic oxidation sites excluding steroid dienone is 7. The number of rotatable bonds is 52. The molecule has 0 aliphatic rings. The van der Waals surface area contributed by atoms with E-state index in [4.69, 9.17) is 0 Å². The summed E-state index contributed by atoms with van der Waals surface area (Å²) < 4.78 is 0. The molecular weight excluding hydrogens is 787 g/mol. The molecule has 0 saturated carbocycles. The number of aliphatic hydroxyl groups is 3. The fraction of sp³-hybridized carbons (Fsp3) is 0.847. The van der Waals surface area contributed by atoms with Crippen molar-refractivity contribution in [1.29, 1.82) is 0 Å². The van der Waals surface area contributed by atoms with Crippen LogP contribution in [-0.2, 0) is 4.79 Å². The van der Waals surface area contributed by atoms with E-state index in [1.54, 1.807) is 6.08 Å². The molecule has 0 aromatic carbocycles. The van der Waals surface area contributed by atoms with Gasteiger partial charge in [0.15, 0.2) is 0 Å². The molecule has 64 heavy (non-hydrogen) atoms. The van der Waals surface area contributed by atoms with Crippen LogP contribution in [0.4, 0.5) is 0 Å². The fourth-order valence-electron chi connectivity index (χ4n) is 8.70. The maximum Gasteiger partial charge on any atom is 0.249 e. The van der Waals surface area contributed by atoms with Gasteiger partial charge in [-0.2, -0.15) is 0 Å². The molecule has 0 radical (unpaired) electrons. The predicted molar refractivity (Wildman–Crippen MR) is 282 cm³/mol. The van der Waals surface area contributed by atoms with Gasteiger partial charge in [-0.25, -0.2) is 0 Å². The topological polar surface area (TPSA) is 89.8 Å². The first kappa shape index (κ1) is 62.3. The lowest BCUT2D eigenvalue weighted by molar-refractivity contribution is -0.131. The molecule has 0 aliphatic carbocycles. The average molecular weight is 899 g/mol. The third-order valence-electron chi connectivity index (χ3n) is 13.1. The quantitative estimate of drug-likeness (QED) is 0.0362. The summed E-state index contributed by atoms with van der Waals surface area (Å²) >= 11 is 0. The van der Waals surface area contributed by atoms with Crippen LogP contribution in [0.15, 0.2) is 48.6 Å². The van der Waals surface area contributed by atoms with E-state index in [1.807, 2.05) is 6.08 Å². The zero-order valence-electron chi connectivity index (χ0n) is 42.9. The molecule has 0 saturated heterocycles. The zero-order chi connectivity index (χ0) is 46.5. The van der Waals surface area contributed by atoms with Crippen LogP contribution in [0.25, 0.3) is 0 Å². The number of hydrogen-bond donors (Lipinski definition) is 4. The second-order valence-corrected chi connectivity index (χ2v) is 19.5. The minimum Gasteiger partial charge on any atom is -0.394 e. The Kier molecular flexibility index (Phi) is 52.5. The third-order valence-corrected chi connectivity index (χ3v) is 13.1. The Labute approximate surface area is 399 Å². The molecule has 0 aromatic heterocycles. The van der Waals surface area contributed by atoms with Crippen molar-refractivity contribution < 1.29 is 20.1 Å². The number of aliphatic hydroxyl groups excluding tert-OH is 3. The van der Waals surface area contributed by atoms with E-state index >= 15 is 0 Å². The first-order valence-electron chi connectivity index (χ1n) is 28.5. The first-order valence-corrected chi connectivity index (χ1v) is 28.5. The summed E-state index contributed by atoms with van der Waals surface area (Å²) in [6.45, 7) is 4.20. The highest BCUT2D eigenvalue weighted by Gasteiger charge is 2.22. The highest BCUT2D eigenvalue weighted by Crippen LogP contribution is 2.17. The third kappa shape index (κ3) is 48.2. The molecule has 0 bridgehead atoms. The average Bonchev–Trinajstić information content (AvgIpc) is 3.30. The van der Waals surface area contributed by atoms with Crippen LogP contribution in [0.5, 0.6) is 0 Å². The Bertz CT molecular complexity index is 1040. The second kappa shape index (κ2) is 53.9. The van der Waals surface area contributed by atoms with Crippen molar-refractivity contribution in [3.8, 4) is 0 Å². The van der Waals surface area contributed by atoms with Crippen LogP contribution < -0.4 is 5.32 Å². The maximum absolute atomic E-state index is 12.5. The number of carbonyl (C=O) groups excluding carboxylic acids is 1. The smallest absolute Gasteiger partial charge is 0.249 e. The van der Waals surface area contributed by atoms with Crippen LogP contribution in [0.2, 0.25) is 0 Å². The Hall–Kier alpha value is -1.69. The van der Waals surface area contributed by atoms with E-state index < -0.39 is 24.2 Å². The molecule has 4 N–H and O–H groups in total. The second-order valence-electron chi connectivity index (χ2n) is 19.5. The molecule has 0 heterocycles. The van der Waals surface area contributed by atoms with Gasteiger partial charge in [-0.15, -0.1) is 0 Å². The summed E-state index contributed by atoms with van der Waals surface area (Å²) in [5, 5.41) is 33.3. The molecule has 3 atom stereocenters. The minimum atomic E-state index is -1.11. The summed E-state index contributed by atoms with van der Waals surface area (Å²) in [5.41, 5.74) is 0. The normalized spacial score (nSPS) is 13.6. The number of hydrogen-bond acceptors (Lipinski definition) is 4. The van der Waals surface area contributed by atoms with Crippen LogP contribution >= 0.6 is 0 Å². The maximum atomic E-state index is 12.5. The van der Waals surface area contributed by atoms with Crippen LogP contribution in [0, 0.1) is 0 Å². The van der Waals surface area contributed by atoms with E-state index in [2.05, 4.69) is 55.6 Å². The van der Waals surface area contributed by atoms with Crippen molar-refractivity contribution in [2.24, 2.45) is 0 Å². The van der Waals surface area contributed by atoms with Gasteiger partial charge in [0.05, 0.1) is 18.8 Å². The van der Waals surface area contributed by atoms with Gasteiger partial charge in [-0.1, -0.05) is 281 Å². The summed E-state index contributed by atoms with van der Waals surface area (Å²) in [4.78, 5) is 12.5. The van der Waals surface area contributed by atoms with Crippen molar-refractivity contribution in [3.05, 3.63) is 48.6 Å². The predicted octanol–water partition coefficient (Wildman–Crippen LogP) is 17.6. The van der Waals surface area contributed by atoms with E-state index in [0.29, 0.717) is 6.42 Å². The minimum absolute atomic E-state index is 0.376. The van der Waals surface area contributed by atoms with E-state index in [-0.39, 0.29) is 6.61 Å².